The summed E-state index contributed by atoms with van der Waals surface area (Å²) in [5, 5.41) is 3.61. The third kappa shape index (κ3) is 5.24. The number of nitrogens with zero attached hydrogens (tertiary/aromatic N) is 1. The van der Waals surface area contributed by atoms with Crippen LogP contribution in [0.1, 0.15) is 31.9 Å². The summed E-state index contributed by atoms with van der Waals surface area (Å²) in [6.07, 6.45) is -0.973. The number of ether oxygens (including phenoxy) is 2. The third-order valence-corrected chi connectivity index (χ3v) is 3.53. The zero-order valence-corrected chi connectivity index (χ0v) is 14.8. The number of rotatable bonds is 4. The molecule has 0 radical (unpaired) electrons. The van der Waals surface area contributed by atoms with E-state index in [2.05, 4.69) is 30.8 Å². The second kappa shape index (κ2) is 7.70. The molecule has 6 heteroatoms. The fourth-order valence-electron chi connectivity index (χ4n) is 2.04. The molecule has 0 atom stereocenters. The van der Waals surface area contributed by atoms with E-state index in [1.54, 1.807) is 31.4 Å². The smallest absolute Gasteiger partial charge is 0.497 e. The van der Waals surface area contributed by atoms with Crippen molar-refractivity contribution in [3.05, 3.63) is 59.7 Å². The van der Waals surface area contributed by atoms with Crippen LogP contribution in [0.5, 0.6) is 11.5 Å². The minimum Gasteiger partial charge on any atom is -0.497 e. The fraction of sp³-hybridized carbons (Fsp3) is 0.263. The Morgan fingerprint density at radius 1 is 0.960 bits per heavy atom. The van der Waals surface area contributed by atoms with Gasteiger partial charge in [0.25, 0.3) is 0 Å². The van der Waals surface area contributed by atoms with Gasteiger partial charge in [-0.1, -0.05) is 50.2 Å². The Bertz CT molecular complexity index is 744. The molecule has 2 N–H and O–H groups in total. The Morgan fingerprint density at radius 2 is 1.52 bits per heavy atom. The highest BCUT2D eigenvalue weighted by Crippen LogP contribution is 2.22. The molecule has 2 rings (SSSR count). The number of hydrogen-bond acceptors (Lipinski definition) is 5. The highest BCUT2D eigenvalue weighted by Gasteiger charge is 2.13. The van der Waals surface area contributed by atoms with E-state index in [1.807, 2.05) is 24.3 Å². The first-order valence-electron chi connectivity index (χ1n) is 7.77. The minimum atomic E-state index is -0.973. The first kappa shape index (κ1) is 18.3. The molecule has 2 aromatic carbocycles. The molecule has 2 aromatic rings. The van der Waals surface area contributed by atoms with E-state index in [9.17, 15) is 4.79 Å². The van der Waals surface area contributed by atoms with E-state index in [4.69, 9.17) is 15.2 Å². The van der Waals surface area contributed by atoms with Gasteiger partial charge in [-0.05, 0) is 35.2 Å². The van der Waals surface area contributed by atoms with Gasteiger partial charge in [0.1, 0.15) is 11.5 Å². The van der Waals surface area contributed by atoms with Gasteiger partial charge in [-0.3, -0.25) is 4.84 Å². The molecule has 0 spiro atoms. The average molecular weight is 342 g/mol. The highest BCUT2D eigenvalue weighted by atomic mass is 16.8. The van der Waals surface area contributed by atoms with Crippen LogP contribution in [0.3, 0.4) is 0 Å². The Hall–Kier alpha value is -3.02. The molecule has 0 heterocycles. The maximum atomic E-state index is 11.6. The topological polar surface area (TPSA) is 83.1 Å². The van der Waals surface area contributed by atoms with Gasteiger partial charge in [-0.15, -0.1) is 0 Å². The van der Waals surface area contributed by atoms with E-state index in [0.717, 1.165) is 0 Å². The Balaban J connectivity index is 1.96. The largest absolute Gasteiger partial charge is 0.540 e. The summed E-state index contributed by atoms with van der Waals surface area (Å²) in [7, 11) is 1.55. The molecule has 0 saturated heterocycles. The summed E-state index contributed by atoms with van der Waals surface area (Å²) in [5.74, 6) is 1.06. The zero-order chi connectivity index (χ0) is 18.4. The standard InChI is InChI=1S/C19H22N2O4/c1-19(2,3)14-7-5-13(6-8-14)17(20)21-25-18(22)24-16-11-9-15(23-4)10-12-16/h5-12H,1-4H3,(H2,20,21). The SMILES string of the molecule is COc1ccc(OC(=O)O/N=C(\N)c2ccc(C(C)(C)C)cc2)cc1. The molecule has 132 valence electrons. The molecule has 0 saturated carbocycles. The van der Waals surface area contributed by atoms with Crippen molar-refractivity contribution in [2.75, 3.05) is 7.11 Å². The molecular weight excluding hydrogens is 320 g/mol. The van der Waals surface area contributed by atoms with Crippen LogP contribution in [0.15, 0.2) is 53.7 Å². The van der Waals surface area contributed by atoms with Gasteiger partial charge in [-0.25, -0.2) is 4.79 Å². The second-order valence-corrected chi connectivity index (χ2v) is 6.42. The molecule has 0 unspecified atom stereocenters. The lowest BCUT2D eigenvalue weighted by atomic mass is 9.87. The number of nitrogens with two attached hydrogens (primary N) is 1. The van der Waals surface area contributed by atoms with Crippen LogP contribution in [0.2, 0.25) is 0 Å². The second-order valence-electron chi connectivity index (χ2n) is 6.42. The third-order valence-electron chi connectivity index (χ3n) is 3.53. The summed E-state index contributed by atoms with van der Waals surface area (Å²) in [4.78, 5) is 16.3. The van der Waals surface area contributed by atoms with Crippen molar-refractivity contribution in [1.29, 1.82) is 0 Å². The van der Waals surface area contributed by atoms with Crippen molar-refractivity contribution in [1.82, 2.24) is 0 Å². The summed E-state index contributed by atoms with van der Waals surface area (Å²) in [6.45, 7) is 6.37. The van der Waals surface area contributed by atoms with Crippen molar-refractivity contribution in [3.8, 4) is 11.5 Å². The van der Waals surface area contributed by atoms with Crippen molar-refractivity contribution >= 4 is 12.0 Å². The van der Waals surface area contributed by atoms with Crippen molar-refractivity contribution < 1.29 is 19.1 Å². The molecule has 25 heavy (non-hydrogen) atoms. The molecule has 0 bridgehead atoms. The lowest BCUT2D eigenvalue weighted by molar-refractivity contribution is 0.102. The molecule has 0 aromatic heterocycles. The summed E-state index contributed by atoms with van der Waals surface area (Å²) >= 11 is 0. The number of carbonyl (C=O) groups excluding carboxylic acids is 1. The van der Waals surface area contributed by atoms with E-state index in [-0.39, 0.29) is 11.3 Å². The van der Waals surface area contributed by atoms with Crippen LogP contribution in [0, 0.1) is 0 Å². The number of carbonyl (C=O) groups is 1. The van der Waals surface area contributed by atoms with E-state index >= 15 is 0 Å². The Kier molecular flexibility index (Phi) is 5.64. The monoisotopic (exact) mass is 342 g/mol. The molecule has 0 aliphatic carbocycles. The van der Waals surface area contributed by atoms with E-state index < -0.39 is 6.16 Å². The predicted octanol–water partition coefficient (Wildman–Crippen LogP) is 3.83. The summed E-state index contributed by atoms with van der Waals surface area (Å²) in [6, 6.07) is 14.1. The first-order chi connectivity index (χ1) is 11.8. The Labute approximate surface area is 147 Å². The Morgan fingerprint density at radius 3 is 2.04 bits per heavy atom. The van der Waals surface area contributed by atoms with Gasteiger partial charge in [0.05, 0.1) is 7.11 Å². The predicted molar refractivity (Wildman–Crippen MR) is 96.0 cm³/mol. The van der Waals surface area contributed by atoms with Gasteiger partial charge in [0.15, 0.2) is 5.84 Å². The van der Waals surface area contributed by atoms with E-state index in [1.165, 1.54) is 5.56 Å². The summed E-state index contributed by atoms with van der Waals surface area (Å²) < 4.78 is 10.0. The number of methoxy groups -OCH3 is 1. The lowest BCUT2D eigenvalue weighted by Crippen LogP contribution is -2.17. The van der Waals surface area contributed by atoms with E-state index in [0.29, 0.717) is 17.1 Å². The maximum absolute atomic E-state index is 11.6. The van der Waals surface area contributed by atoms with Gasteiger partial charge >= 0.3 is 6.16 Å². The van der Waals surface area contributed by atoms with Crippen LogP contribution in [-0.2, 0) is 10.3 Å². The number of oxime groups is 1. The van der Waals surface area contributed by atoms with Gasteiger partial charge < -0.3 is 15.2 Å². The van der Waals surface area contributed by atoms with Crippen molar-refractivity contribution in [3.63, 3.8) is 0 Å². The van der Waals surface area contributed by atoms with Gasteiger partial charge in [0, 0.05) is 5.56 Å². The van der Waals surface area contributed by atoms with Gasteiger partial charge in [0.2, 0.25) is 0 Å². The zero-order valence-electron chi connectivity index (χ0n) is 14.8. The fourth-order valence-corrected chi connectivity index (χ4v) is 2.04. The number of hydrogen-bond donors (Lipinski definition) is 1. The minimum absolute atomic E-state index is 0.0447. The normalized spacial score (nSPS) is 11.8. The molecule has 0 amide bonds. The molecule has 0 aliphatic heterocycles. The molecular formula is C19H22N2O4. The van der Waals surface area contributed by atoms with Crippen LogP contribution in [0.4, 0.5) is 4.79 Å². The molecule has 0 fully saturated rings. The van der Waals surface area contributed by atoms with Crippen LogP contribution >= 0.6 is 0 Å². The average Bonchev–Trinajstić information content (AvgIpc) is 2.59. The van der Waals surface area contributed by atoms with Crippen LogP contribution < -0.4 is 15.2 Å². The maximum Gasteiger partial charge on any atom is 0.540 e. The number of benzene rings is 2. The van der Waals surface area contributed by atoms with Crippen molar-refractivity contribution in [2.24, 2.45) is 10.9 Å². The van der Waals surface area contributed by atoms with Crippen LogP contribution in [-0.4, -0.2) is 19.1 Å². The number of amidine groups is 1. The van der Waals surface area contributed by atoms with Gasteiger partial charge in [-0.2, -0.15) is 0 Å². The highest BCUT2D eigenvalue weighted by molar-refractivity contribution is 5.97. The quantitative estimate of drug-likeness (QED) is 0.228. The lowest BCUT2D eigenvalue weighted by Gasteiger charge is -2.18. The summed E-state index contributed by atoms with van der Waals surface area (Å²) in [5.41, 5.74) is 7.71. The molecule has 0 aliphatic rings. The van der Waals surface area contributed by atoms with Crippen molar-refractivity contribution in [2.45, 2.75) is 26.2 Å². The van der Waals surface area contributed by atoms with Crippen LogP contribution in [0.25, 0.3) is 0 Å². The first-order valence-corrected chi connectivity index (χ1v) is 7.77. The molecule has 6 nitrogen and oxygen atoms in total.